The highest BCUT2D eigenvalue weighted by Gasteiger charge is 1.97. The molecule has 0 bridgehead atoms. The first-order valence-corrected chi connectivity index (χ1v) is 4.02. The normalized spacial score (nSPS) is 14.6. The van der Waals surface area contributed by atoms with Crippen LogP contribution in [0.1, 0.15) is 0 Å². The Hall–Kier alpha value is -1.90. The predicted molar refractivity (Wildman–Crippen MR) is 53.5 cm³/mol. The molecule has 0 spiro atoms. The van der Waals surface area contributed by atoms with Gasteiger partial charge in [-0.2, -0.15) is 0 Å². The fourth-order valence-electron chi connectivity index (χ4n) is 1.08. The summed E-state index contributed by atoms with van der Waals surface area (Å²) in [5.41, 5.74) is 1.08. The van der Waals surface area contributed by atoms with Crippen LogP contribution in [-0.4, -0.2) is 11.2 Å². The predicted octanol–water partition coefficient (Wildman–Crippen LogP) is 1.96. The van der Waals surface area contributed by atoms with Crippen molar-refractivity contribution in [2.24, 2.45) is 4.99 Å². The number of hydrogen-bond donors (Lipinski definition) is 0. The molecule has 2 heterocycles. The summed E-state index contributed by atoms with van der Waals surface area (Å²) in [5, 5.41) is 0. The average molecular weight is 171 g/mol. The zero-order valence-corrected chi connectivity index (χ0v) is 7.04. The Morgan fingerprint density at radius 2 is 1.92 bits per heavy atom. The fraction of sp³-hybridized carbons (Fsp3) is 0. The maximum absolute atomic E-state index is 4.00. The second-order valence-corrected chi connectivity index (χ2v) is 2.55. The fourth-order valence-corrected chi connectivity index (χ4v) is 1.08. The van der Waals surface area contributed by atoms with Gasteiger partial charge in [0.15, 0.2) is 0 Å². The largest absolute Gasteiger partial charge is 0.322 e. The van der Waals surface area contributed by atoms with Crippen LogP contribution >= 0.6 is 0 Å². The molecular formula is C10H9N3. The van der Waals surface area contributed by atoms with Gasteiger partial charge < -0.3 is 4.90 Å². The zero-order chi connectivity index (χ0) is 8.93. The summed E-state index contributed by atoms with van der Waals surface area (Å²) in [4.78, 5) is 9.94. The smallest absolute Gasteiger partial charge is 0.0480 e. The Bertz CT molecular complexity index is 336. The molecule has 3 heteroatoms. The molecule has 0 radical (unpaired) electrons. The van der Waals surface area contributed by atoms with E-state index in [1.807, 2.05) is 35.5 Å². The SMILES string of the molecule is C1=CN(c2ccncc2)C=CN=C1. The van der Waals surface area contributed by atoms with E-state index in [0.29, 0.717) is 0 Å². The van der Waals surface area contributed by atoms with E-state index in [9.17, 15) is 0 Å². The lowest BCUT2D eigenvalue weighted by molar-refractivity contribution is 1.24. The van der Waals surface area contributed by atoms with Gasteiger partial charge in [0.1, 0.15) is 0 Å². The number of rotatable bonds is 1. The number of allylic oxidation sites excluding steroid dienone is 1. The molecule has 0 N–H and O–H groups in total. The Kier molecular flexibility index (Phi) is 2.18. The summed E-state index contributed by atoms with van der Waals surface area (Å²) in [6.45, 7) is 0. The van der Waals surface area contributed by atoms with Crippen molar-refractivity contribution in [3.63, 3.8) is 0 Å². The Balaban J connectivity index is 2.27. The quantitative estimate of drug-likeness (QED) is 0.646. The summed E-state index contributed by atoms with van der Waals surface area (Å²) < 4.78 is 0. The molecule has 2 rings (SSSR count). The van der Waals surface area contributed by atoms with Gasteiger partial charge in [0.05, 0.1) is 0 Å². The molecular weight excluding hydrogens is 162 g/mol. The van der Waals surface area contributed by atoms with Crippen molar-refractivity contribution in [3.05, 3.63) is 49.2 Å². The lowest BCUT2D eigenvalue weighted by Crippen LogP contribution is -2.05. The number of aromatic nitrogens is 1. The van der Waals surface area contributed by atoms with E-state index in [-0.39, 0.29) is 0 Å². The van der Waals surface area contributed by atoms with E-state index >= 15 is 0 Å². The third kappa shape index (κ3) is 1.82. The molecule has 0 atom stereocenters. The first-order chi connectivity index (χ1) is 6.47. The van der Waals surface area contributed by atoms with E-state index in [4.69, 9.17) is 0 Å². The molecule has 0 unspecified atom stereocenters. The van der Waals surface area contributed by atoms with Crippen molar-refractivity contribution in [1.82, 2.24) is 4.98 Å². The second-order valence-electron chi connectivity index (χ2n) is 2.55. The third-order valence-corrected chi connectivity index (χ3v) is 1.69. The lowest BCUT2D eigenvalue weighted by atomic mass is 10.4. The Morgan fingerprint density at radius 1 is 1.08 bits per heavy atom. The minimum atomic E-state index is 1.08. The van der Waals surface area contributed by atoms with Crippen molar-refractivity contribution in [3.8, 4) is 0 Å². The van der Waals surface area contributed by atoms with Crippen LogP contribution in [-0.2, 0) is 0 Å². The standard InChI is InChI=1S/C10H9N3/c1-4-11-7-9-13(8-1)10-2-5-12-6-3-10/h1-9H. The van der Waals surface area contributed by atoms with Crippen molar-refractivity contribution >= 4 is 11.9 Å². The third-order valence-electron chi connectivity index (χ3n) is 1.69. The van der Waals surface area contributed by atoms with Crippen LogP contribution in [0.15, 0.2) is 54.2 Å². The van der Waals surface area contributed by atoms with Crippen molar-refractivity contribution in [2.45, 2.75) is 0 Å². The van der Waals surface area contributed by atoms with Gasteiger partial charge in [-0.15, -0.1) is 0 Å². The number of hydrogen-bond acceptors (Lipinski definition) is 3. The van der Waals surface area contributed by atoms with E-state index < -0.39 is 0 Å². The van der Waals surface area contributed by atoms with Gasteiger partial charge in [0.25, 0.3) is 0 Å². The number of pyridine rings is 1. The minimum Gasteiger partial charge on any atom is -0.322 e. The van der Waals surface area contributed by atoms with E-state index in [1.165, 1.54) is 0 Å². The molecule has 0 amide bonds. The van der Waals surface area contributed by atoms with Crippen LogP contribution < -0.4 is 4.90 Å². The summed E-state index contributed by atoms with van der Waals surface area (Å²) >= 11 is 0. The van der Waals surface area contributed by atoms with Crippen LogP contribution in [0.2, 0.25) is 0 Å². The summed E-state index contributed by atoms with van der Waals surface area (Å²) in [6.07, 6.45) is 12.8. The molecule has 0 saturated carbocycles. The van der Waals surface area contributed by atoms with Crippen molar-refractivity contribution in [1.29, 1.82) is 0 Å². The zero-order valence-electron chi connectivity index (χ0n) is 7.04. The number of anilines is 1. The van der Waals surface area contributed by atoms with Gasteiger partial charge in [0, 0.05) is 42.9 Å². The summed E-state index contributed by atoms with van der Waals surface area (Å²) in [6, 6.07) is 3.89. The molecule has 1 aliphatic heterocycles. The topological polar surface area (TPSA) is 28.5 Å². The van der Waals surface area contributed by atoms with Crippen LogP contribution in [0.4, 0.5) is 5.69 Å². The van der Waals surface area contributed by atoms with E-state index in [0.717, 1.165) is 5.69 Å². The van der Waals surface area contributed by atoms with E-state index in [2.05, 4.69) is 9.98 Å². The van der Waals surface area contributed by atoms with Crippen molar-refractivity contribution in [2.75, 3.05) is 4.90 Å². The molecule has 0 aliphatic carbocycles. The van der Waals surface area contributed by atoms with Gasteiger partial charge in [-0.3, -0.25) is 9.98 Å². The minimum absolute atomic E-state index is 1.08. The van der Waals surface area contributed by atoms with Crippen LogP contribution in [0.5, 0.6) is 0 Å². The molecule has 0 fully saturated rings. The molecule has 1 aromatic heterocycles. The monoisotopic (exact) mass is 171 g/mol. The van der Waals surface area contributed by atoms with Crippen molar-refractivity contribution < 1.29 is 0 Å². The van der Waals surface area contributed by atoms with Gasteiger partial charge >= 0.3 is 0 Å². The van der Waals surface area contributed by atoms with Crippen LogP contribution in [0.25, 0.3) is 0 Å². The highest BCUT2D eigenvalue weighted by molar-refractivity contribution is 5.73. The average Bonchev–Trinajstić information content (AvgIpc) is 2.47. The number of aliphatic imine (C=N–C) groups is 1. The van der Waals surface area contributed by atoms with Gasteiger partial charge in [0.2, 0.25) is 0 Å². The second kappa shape index (κ2) is 3.67. The Labute approximate surface area is 76.7 Å². The summed E-state index contributed by atoms with van der Waals surface area (Å²) in [5.74, 6) is 0. The summed E-state index contributed by atoms with van der Waals surface area (Å²) in [7, 11) is 0. The van der Waals surface area contributed by atoms with Crippen LogP contribution in [0.3, 0.4) is 0 Å². The molecule has 1 aromatic rings. The van der Waals surface area contributed by atoms with Gasteiger partial charge in [-0.25, -0.2) is 0 Å². The molecule has 13 heavy (non-hydrogen) atoms. The highest BCUT2D eigenvalue weighted by Crippen LogP contribution is 2.13. The molecule has 3 nitrogen and oxygen atoms in total. The molecule has 0 saturated heterocycles. The maximum Gasteiger partial charge on any atom is 0.0480 e. The van der Waals surface area contributed by atoms with Gasteiger partial charge in [-0.05, 0) is 18.2 Å². The maximum atomic E-state index is 4.00. The van der Waals surface area contributed by atoms with Gasteiger partial charge in [-0.1, -0.05) is 0 Å². The first kappa shape index (κ1) is 7.73. The number of nitrogens with zero attached hydrogens (tertiary/aromatic N) is 3. The molecule has 0 aromatic carbocycles. The Morgan fingerprint density at radius 3 is 2.77 bits per heavy atom. The van der Waals surface area contributed by atoms with Crippen LogP contribution in [0, 0.1) is 0 Å². The van der Waals surface area contributed by atoms with E-state index in [1.54, 1.807) is 24.8 Å². The molecule has 64 valence electrons. The highest BCUT2D eigenvalue weighted by atomic mass is 15.1. The lowest BCUT2D eigenvalue weighted by Gasteiger charge is -2.13. The molecule has 1 aliphatic rings. The first-order valence-electron chi connectivity index (χ1n) is 4.02.